The summed E-state index contributed by atoms with van der Waals surface area (Å²) >= 11 is 0. The predicted octanol–water partition coefficient (Wildman–Crippen LogP) is 3.02. The first-order chi connectivity index (χ1) is 11.4. The second-order valence-corrected chi connectivity index (χ2v) is 6.91. The van der Waals surface area contributed by atoms with Gasteiger partial charge in [-0.1, -0.05) is 0 Å². The number of aryl methyl sites for hydroxylation is 2. The highest BCUT2D eigenvalue weighted by Gasteiger charge is 2.31. The lowest BCUT2D eigenvalue weighted by Crippen LogP contribution is -2.44. The van der Waals surface area contributed by atoms with Crippen molar-refractivity contribution in [2.75, 3.05) is 25.1 Å². The van der Waals surface area contributed by atoms with Gasteiger partial charge in [0.2, 0.25) is 0 Å². The number of piperidine rings is 1. The van der Waals surface area contributed by atoms with E-state index in [1.165, 1.54) is 0 Å². The molecule has 0 atom stereocenters. The molecule has 2 aromatic rings. The number of rotatable bonds is 2. The first-order valence-corrected chi connectivity index (χ1v) is 8.26. The molecule has 1 aliphatic rings. The van der Waals surface area contributed by atoms with Crippen molar-refractivity contribution in [3.8, 4) is 6.07 Å². The van der Waals surface area contributed by atoms with Gasteiger partial charge in [0.25, 0.3) is 5.56 Å². The zero-order chi connectivity index (χ0) is 17.5. The zero-order valence-corrected chi connectivity index (χ0v) is 14.7. The number of fused-ring (bicyclic) bond motifs is 1. The number of anilines is 1. The number of nitriles is 1. The standard InChI is InChI=1S/C19H23N3O2/c1-12-9-14-16(10-13(12)2)21-18(23)15(11-20)17(14)22-7-5-19(3,24-4)6-8-22/h9-10H,5-8H2,1-4H3,(H,21,23). The van der Waals surface area contributed by atoms with Gasteiger partial charge < -0.3 is 14.6 Å². The minimum atomic E-state index is -0.316. The van der Waals surface area contributed by atoms with Crippen molar-refractivity contribution in [1.29, 1.82) is 5.26 Å². The van der Waals surface area contributed by atoms with Crippen LogP contribution in [0.25, 0.3) is 10.9 Å². The summed E-state index contributed by atoms with van der Waals surface area (Å²) in [5.74, 6) is 0. The summed E-state index contributed by atoms with van der Waals surface area (Å²) < 4.78 is 5.61. The van der Waals surface area contributed by atoms with E-state index in [2.05, 4.69) is 28.9 Å². The number of H-pyrrole nitrogens is 1. The Hall–Kier alpha value is -2.32. The van der Waals surface area contributed by atoms with E-state index in [-0.39, 0.29) is 16.7 Å². The molecule has 0 saturated carbocycles. The summed E-state index contributed by atoms with van der Waals surface area (Å²) in [5, 5.41) is 10.5. The lowest BCUT2D eigenvalue weighted by molar-refractivity contribution is -0.0132. The van der Waals surface area contributed by atoms with Crippen molar-refractivity contribution in [3.63, 3.8) is 0 Å². The Labute approximate surface area is 141 Å². The Morgan fingerprint density at radius 2 is 1.88 bits per heavy atom. The van der Waals surface area contributed by atoms with Crippen LogP contribution in [-0.2, 0) is 4.74 Å². The fourth-order valence-corrected chi connectivity index (χ4v) is 3.38. The highest BCUT2D eigenvalue weighted by molar-refractivity contribution is 5.95. The highest BCUT2D eigenvalue weighted by atomic mass is 16.5. The maximum absolute atomic E-state index is 12.4. The van der Waals surface area contributed by atoms with Crippen LogP contribution in [0.3, 0.4) is 0 Å². The summed E-state index contributed by atoms with van der Waals surface area (Å²) in [7, 11) is 1.74. The highest BCUT2D eigenvalue weighted by Crippen LogP contribution is 2.34. The van der Waals surface area contributed by atoms with Crippen LogP contribution in [0.1, 0.15) is 36.5 Å². The van der Waals surface area contributed by atoms with Crippen LogP contribution >= 0.6 is 0 Å². The van der Waals surface area contributed by atoms with E-state index in [0.29, 0.717) is 0 Å². The Morgan fingerprint density at radius 1 is 1.25 bits per heavy atom. The maximum atomic E-state index is 12.4. The third-order valence-corrected chi connectivity index (χ3v) is 5.34. The predicted molar refractivity (Wildman–Crippen MR) is 95.6 cm³/mol. The SMILES string of the molecule is COC1(C)CCN(c2c(C#N)c(=O)[nH]c3cc(C)c(C)cc23)CC1. The number of nitrogens with one attached hydrogen (secondary N) is 1. The largest absolute Gasteiger partial charge is 0.378 e. The van der Waals surface area contributed by atoms with Crippen molar-refractivity contribution in [2.24, 2.45) is 0 Å². The van der Waals surface area contributed by atoms with E-state index >= 15 is 0 Å². The molecule has 2 heterocycles. The fourth-order valence-electron chi connectivity index (χ4n) is 3.38. The minimum Gasteiger partial charge on any atom is -0.378 e. The third-order valence-electron chi connectivity index (χ3n) is 5.34. The number of hydrogen-bond acceptors (Lipinski definition) is 4. The molecule has 24 heavy (non-hydrogen) atoms. The molecule has 0 radical (unpaired) electrons. The van der Waals surface area contributed by atoms with Gasteiger partial charge in [0.1, 0.15) is 11.6 Å². The molecule has 0 amide bonds. The van der Waals surface area contributed by atoms with Gasteiger partial charge in [-0.2, -0.15) is 5.26 Å². The van der Waals surface area contributed by atoms with Crippen molar-refractivity contribution in [3.05, 3.63) is 39.2 Å². The zero-order valence-electron chi connectivity index (χ0n) is 14.7. The number of pyridine rings is 1. The van der Waals surface area contributed by atoms with Crippen LogP contribution in [0.2, 0.25) is 0 Å². The van der Waals surface area contributed by atoms with Crippen molar-refractivity contribution in [2.45, 2.75) is 39.2 Å². The van der Waals surface area contributed by atoms with E-state index in [1.807, 2.05) is 19.9 Å². The molecular formula is C19H23N3O2. The van der Waals surface area contributed by atoms with Crippen LogP contribution in [0.15, 0.2) is 16.9 Å². The summed E-state index contributed by atoms with van der Waals surface area (Å²) in [6.07, 6.45) is 1.74. The van der Waals surface area contributed by atoms with Crippen molar-refractivity contribution in [1.82, 2.24) is 4.98 Å². The molecule has 1 aromatic carbocycles. The van der Waals surface area contributed by atoms with E-state index in [1.54, 1.807) is 7.11 Å². The third kappa shape index (κ3) is 2.67. The Bertz CT molecular complexity index is 884. The number of aromatic nitrogens is 1. The van der Waals surface area contributed by atoms with Crippen LogP contribution in [0, 0.1) is 25.2 Å². The van der Waals surface area contributed by atoms with Gasteiger partial charge in [-0.05, 0) is 56.9 Å². The Kier molecular flexibility index (Phi) is 4.10. The smallest absolute Gasteiger partial charge is 0.268 e. The van der Waals surface area contributed by atoms with E-state index in [4.69, 9.17) is 4.74 Å². The van der Waals surface area contributed by atoms with Gasteiger partial charge in [0.15, 0.2) is 0 Å². The summed E-state index contributed by atoms with van der Waals surface area (Å²) in [4.78, 5) is 17.4. The quantitative estimate of drug-likeness (QED) is 0.921. The first kappa shape index (κ1) is 16.5. The number of methoxy groups -OCH3 is 1. The lowest BCUT2D eigenvalue weighted by atomic mass is 9.92. The summed E-state index contributed by atoms with van der Waals surface area (Å²) in [6, 6.07) is 6.16. The molecule has 0 spiro atoms. The molecule has 0 unspecified atom stereocenters. The molecule has 5 heteroatoms. The Balaban J connectivity index is 2.17. The first-order valence-electron chi connectivity index (χ1n) is 8.26. The maximum Gasteiger partial charge on any atom is 0.268 e. The second-order valence-electron chi connectivity index (χ2n) is 6.91. The van der Waals surface area contributed by atoms with Gasteiger partial charge >= 0.3 is 0 Å². The molecule has 0 bridgehead atoms. The van der Waals surface area contributed by atoms with Crippen molar-refractivity contribution >= 4 is 16.6 Å². The molecule has 5 nitrogen and oxygen atoms in total. The molecule has 0 aliphatic carbocycles. The molecule has 3 rings (SSSR count). The lowest BCUT2D eigenvalue weighted by Gasteiger charge is -2.40. The molecule has 1 fully saturated rings. The van der Waals surface area contributed by atoms with E-state index in [0.717, 1.165) is 53.6 Å². The van der Waals surface area contributed by atoms with Gasteiger partial charge in [-0.15, -0.1) is 0 Å². The molecular weight excluding hydrogens is 302 g/mol. The number of aromatic amines is 1. The monoisotopic (exact) mass is 325 g/mol. The second kappa shape index (κ2) is 5.95. The van der Waals surface area contributed by atoms with Crippen molar-refractivity contribution < 1.29 is 4.74 Å². The number of nitrogens with zero attached hydrogens (tertiary/aromatic N) is 2. The summed E-state index contributed by atoms with van der Waals surface area (Å²) in [5.41, 5.74) is 3.58. The minimum absolute atomic E-state index is 0.132. The van der Waals surface area contributed by atoms with Gasteiger partial charge in [-0.25, -0.2) is 0 Å². The van der Waals surface area contributed by atoms with Gasteiger partial charge in [0.05, 0.1) is 16.8 Å². The number of ether oxygens (including phenoxy) is 1. The number of hydrogen-bond donors (Lipinski definition) is 1. The molecule has 126 valence electrons. The fraction of sp³-hybridized carbons (Fsp3) is 0.474. The van der Waals surface area contributed by atoms with Crippen LogP contribution in [0.4, 0.5) is 5.69 Å². The molecule has 1 aromatic heterocycles. The topological polar surface area (TPSA) is 69.1 Å². The van der Waals surface area contributed by atoms with Crippen LogP contribution in [0.5, 0.6) is 0 Å². The molecule has 1 N–H and O–H groups in total. The Morgan fingerprint density at radius 3 is 2.46 bits per heavy atom. The van der Waals surface area contributed by atoms with Crippen LogP contribution < -0.4 is 10.5 Å². The van der Waals surface area contributed by atoms with E-state index in [9.17, 15) is 10.1 Å². The molecule has 1 aliphatic heterocycles. The average Bonchev–Trinajstić information content (AvgIpc) is 2.56. The average molecular weight is 325 g/mol. The summed E-state index contributed by atoms with van der Waals surface area (Å²) in [6.45, 7) is 7.72. The molecule has 1 saturated heterocycles. The number of benzene rings is 1. The van der Waals surface area contributed by atoms with Crippen LogP contribution in [-0.4, -0.2) is 30.8 Å². The normalized spacial score (nSPS) is 17.0. The van der Waals surface area contributed by atoms with Gasteiger partial charge in [-0.3, -0.25) is 4.79 Å². The van der Waals surface area contributed by atoms with E-state index < -0.39 is 0 Å². The van der Waals surface area contributed by atoms with Gasteiger partial charge in [0, 0.05) is 25.6 Å².